The number of halogens is 1. The molecule has 0 amide bonds. The summed E-state index contributed by atoms with van der Waals surface area (Å²) in [6.45, 7) is 3.44. The van der Waals surface area contributed by atoms with Crippen molar-refractivity contribution in [3.63, 3.8) is 0 Å². The normalized spacial score (nSPS) is 12.8. The Morgan fingerprint density at radius 1 is 1.50 bits per heavy atom. The Labute approximate surface area is 85.0 Å². The minimum Gasteiger partial charge on any atom is -0.456 e. The van der Waals surface area contributed by atoms with E-state index in [1.165, 1.54) is 0 Å². The second-order valence-electron chi connectivity index (χ2n) is 2.73. The zero-order valence-electron chi connectivity index (χ0n) is 7.04. The molecule has 0 saturated carbocycles. The molecule has 5 heteroatoms. The number of nitrogens with two attached hydrogens (primary N) is 1. The zero-order chi connectivity index (χ0) is 9.72. The fourth-order valence-electron chi connectivity index (χ4n) is 0.496. The van der Waals surface area contributed by atoms with Crippen molar-refractivity contribution in [1.29, 1.82) is 0 Å². The van der Waals surface area contributed by atoms with E-state index in [1.807, 2.05) is 13.8 Å². The molecule has 2 N–H and O–H groups in total. The molecule has 70 valence electrons. The molecule has 0 heterocycles. The Balaban J connectivity index is 3.80. The molecule has 1 atom stereocenters. The fraction of sp³-hybridized carbons (Fsp3) is 0.714. The average Bonchev–Trinajstić information content (AvgIpc) is 1.98. The highest BCUT2D eigenvalue weighted by Crippen LogP contribution is 2.00. The molecular weight excluding hydrogens is 273 g/mol. The predicted molar refractivity (Wildman–Crippen MR) is 52.8 cm³/mol. The topological polar surface area (TPSA) is 69.4 Å². The van der Waals surface area contributed by atoms with Crippen LogP contribution in [0.4, 0.5) is 0 Å². The van der Waals surface area contributed by atoms with Crippen LogP contribution in [0.3, 0.4) is 0 Å². The van der Waals surface area contributed by atoms with E-state index in [0.717, 1.165) is 0 Å². The van der Waals surface area contributed by atoms with Crippen molar-refractivity contribution in [1.82, 2.24) is 0 Å². The molecule has 0 fully saturated rings. The van der Waals surface area contributed by atoms with Crippen molar-refractivity contribution in [2.45, 2.75) is 19.9 Å². The molecule has 0 aliphatic rings. The van der Waals surface area contributed by atoms with Gasteiger partial charge in [-0.15, -0.1) is 0 Å². The zero-order valence-corrected chi connectivity index (χ0v) is 9.20. The lowest BCUT2D eigenvalue weighted by Gasteiger charge is -2.13. The number of rotatable bonds is 4. The van der Waals surface area contributed by atoms with Gasteiger partial charge in [-0.05, 0) is 5.92 Å². The number of ether oxygens (including phenoxy) is 1. The number of esters is 1. The van der Waals surface area contributed by atoms with Crippen LogP contribution in [0.1, 0.15) is 13.8 Å². The van der Waals surface area contributed by atoms with Gasteiger partial charge in [-0.3, -0.25) is 9.59 Å². The quantitative estimate of drug-likeness (QED) is 0.463. The molecule has 0 radical (unpaired) electrons. The van der Waals surface area contributed by atoms with E-state index in [-0.39, 0.29) is 16.3 Å². The van der Waals surface area contributed by atoms with Crippen molar-refractivity contribution in [2.24, 2.45) is 11.7 Å². The van der Waals surface area contributed by atoms with Gasteiger partial charge in [0.05, 0.1) is 0 Å². The van der Waals surface area contributed by atoms with Crippen molar-refractivity contribution in [3.8, 4) is 0 Å². The van der Waals surface area contributed by atoms with E-state index in [2.05, 4.69) is 4.74 Å². The number of hydrogen-bond donors (Lipinski definition) is 1. The maximum absolute atomic E-state index is 11.0. The molecule has 0 aliphatic heterocycles. The van der Waals surface area contributed by atoms with Crippen molar-refractivity contribution < 1.29 is 14.3 Å². The van der Waals surface area contributed by atoms with Gasteiger partial charge in [-0.1, -0.05) is 13.8 Å². The first-order valence-corrected chi connectivity index (χ1v) is 4.63. The molecule has 0 aromatic rings. The van der Waals surface area contributed by atoms with E-state index in [0.29, 0.717) is 0 Å². The highest BCUT2D eigenvalue weighted by atomic mass is 127. The van der Waals surface area contributed by atoms with Crippen molar-refractivity contribution in [3.05, 3.63) is 0 Å². The summed E-state index contributed by atoms with van der Waals surface area (Å²) in [7, 11) is 0. The number of carbonyl (C=O) groups is 2. The molecule has 0 spiro atoms. The van der Waals surface area contributed by atoms with Crippen LogP contribution in [0.15, 0.2) is 0 Å². The van der Waals surface area contributed by atoms with E-state index in [9.17, 15) is 9.59 Å². The first kappa shape index (κ1) is 11.8. The van der Waals surface area contributed by atoms with Crippen LogP contribution < -0.4 is 5.73 Å². The smallest absolute Gasteiger partial charge is 0.323 e. The van der Waals surface area contributed by atoms with Gasteiger partial charge in [-0.25, -0.2) is 0 Å². The standard InChI is InChI=1S/C7H12INO3/c1-4(2)6(9)7(11)12-3-5(8)10/h4,6H,3,9H2,1-2H3/t6-/m1/s1. The molecule has 4 nitrogen and oxygen atoms in total. The SMILES string of the molecule is CC(C)[C@@H](N)C(=O)OCC(=O)I. The Hall–Kier alpha value is -0.170. The lowest BCUT2D eigenvalue weighted by molar-refractivity contribution is -0.148. The summed E-state index contributed by atoms with van der Waals surface area (Å²) in [5, 5.41) is 0. The minimum absolute atomic E-state index is 0.0295. The first-order chi connectivity index (χ1) is 5.45. The van der Waals surface area contributed by atoms with Gasteiger partial charge in [0, 0.05) is 22.6 Å². The Kier molecular flexibility index (Phi) is 5.39. The van der Waals surface area contributed by atoms with Gasteiger partial charge in [0.25, 0.3) is 0 Å². The van der Waals surface area contributed by atoms with Crippen LogP contribution in [0.25, 0.3) is 0 Å². The van der Waals surface area contributed by atoms with E-state index in [1.54, 1.807) is 22.6 Å². The summed E-state index contributed by atoms with van der Waals surface area (Å²) >= 11 is 1.56. The van der Waals surface area contributed by atoms with Gasteiger partial charge < -0.3 is 10.5 Å². The Morgan fingerprint density at radius 3 is 2.33 bits per heavy atom. The van der Waals surface area contributed by atoms with E-state index in [4.69, 9.17) is 5.73 Å². The third-order valence-electron chi connectivity index (χ3n) is 1.32. The summed E-state index contributed by atoms with van der Waals surface area (Å²) in [6, 6.07) is -0.638. The molecule has 0 rings (SSSR count). The molecule has 12 heavy (non-hydrogen) atoms. The predicted octanol–water partition coefficient (Wildman–Crippen LogP) is 0.475. The third-order valence-corrected chi connectivity index (χ3v) is 1.63. The fourth-order valence-corrected chi connectivity index (χ4v) is 0.652. The van der Waals surface area contributed by atoms with Crippen LogP contribution in [0.2, 0.25) is 0 Å². The lowest BCUT2D eigenvalue weighted by Crippen LogP contribution is -2.37. The number of hydrogen-bond acceptors (Lipinski definition) is 4. The molecule has 0 unspecified atom stereocenters. The van der Waals surface area contributed by atoms with Gasteiger partial charge in [0.1, 0.15) is 6.04 Å². The lowest BCUT2D eigenvalue weighted by atomic mass is 10.1. The summed E-state index contributed by atoms with van der Waals surface area (Å²) in [5.41, 5.74) is 5.46. The van der Waals surface area contributed by atoms with Crippen LogP contribution >= 0.6 is 22.6 Å². The van der Waals surface area contributed by atoms with Crippen LogP contribution in [0.5, 0.6) is 0 Å². The van der Waals surface area contributed by atoms with Crippen LogP contribution in [0, 0.1) is 5.92 Å². The summed E-state index contributed by atoms with van der Waals surface area (Å²) < 4.78 is 4.39. The minimum atomic E-state index is -0.638. The maximum atomic E-state index is 11.0. The summed E-state index contributed by atoms with van der Waals surface area (Å²) in [6.07, 6.45) is 0. The second kappa shape index (κ2) is 5.47. The highest BCUT2D eigenvalue weighted by molar-refractivity contribution is 14.1. The summed E-state index contributed by atoms with van der Waals surface area (Å²) in [5.74, 6) is -0.489. The van der Waals surface area contributed by atoms with E-state index < -0.39 is 12.0 Å². The second-order valence-corrected chi connectivity index (χ2v) is 3.94. The molecule has 0 aromatic carbocycles. The van der Waals surface area contributed by atoms with Gasteiger partial charge in [0.2, 0.25) is 3.79 Å². The first-order valence-electron chi connectivity index (χ1n) is 3.55. The van der Waals surface area contributed by atoms with E-state index >= 15 is 0 Å². The molecule has 0 bridgehead atoms. The van der Waals surface area contributed by atoms with Gasteiger partial charge >= 0.3 is 5.97 Å². The van der Waals surface area contributed by atoms with Crippen LogP contribution in [-0.4, -0.2) is 22.4 Å². The van der Waals surface area contributed by atoms with Gasteiger partial charge in [-0.2, -0.15) is 0 Å². The third kappa shape index (κ3) is 4.66. The van der Waals surface area contributed by atoms with Gasteiger partial charge in [0.15, 0.2) is 6.61 Å². The number of carbonyl (C=O) groups excluding carboxylic acids is 2. The molecule has 0 saturated heterocycles. The molecular formula is C7H12INO3. The van der Waals surface area contributed by atoms with Crippen LogP contribution in [-0.2, 0) is 14.3 Å². The Morgan fingerprint density at radius 2 is 2.00 bits per heavy atom. The maximum Gasteiger partial charge on any atom is 0.323 e. The highest BCUT2D eigenvalue weighted by Gasteiger charge is 2.18. The largest absolute Gasteiger partial charge is 0.456 e. The van der Waals surface area contributed by atoms with Crippen molar-refractivity contribution >= 4 is 32.4 Å². The average molecular weight is 285 g/mol. The molecule has 0 aromatic heterocycles. The summed E-state index contributed by atoms with van der Waals surface area (Å²) in [4.78, 5) is 21.4. The molecule has 0 aliphatic carbocycles. The Bertz CT molecular complexity index is 181. The monoisotopic (exact) mass is 285 g/mol. The van der Waals surface area contributed by atoms with Crippen molar-refractivity contribution in [2.75, 3.05) is 6.61 Å².